The summed E-state index contributed by atoms with van der Waals surface area (Å²) in [5.41, 5.74) is -1.00. The average Bonchev–Trinajstić information content (AvgIpc) is 3.70. The normalized spacial score (nSPS) is 26.7. The highest BCUT2D eigenvalue weighted by Gasteiger charge is 2.48. The number of esters is 1. The van der Waals surface area contributed by atoms with Gasteiger partial charge in [0, 0.05) is 36.9 Å². The minimum atomic E-state index is -4.55. The number of aromatic nitrogens is 1. The van der Waals surface area contributed by atoms with Crippen molar-refractivity contribution >= 4 is 17.8 Å². The molecule has 1 saturated carbocycles. The van der Waals surface area contributed by atoms with Gasteiger partial charge < -0.3 is 15.0 Å². The van der Waals surface area contributed by atoms with Crippen LogP contribution in [0.15, 0.2) is 48.7 Å². The summed E-state index contributed by atoms with van der Waals surface area (Å²) in [6, 6.07) is 10.5. The lowest BCUT2D eigenvalue weighted by atomic mass is 9.69. The molecule has 1 aliphatic carbocycles. The van der Waals surface area contributed by atoms with Gasteiger partial charge in [0.2, 0.25) is 5.91 Å². The molecular formula is C31H37F3N4O4. The van der Waals surface area contributed by atoms with Gasteiger partial charge in [-0.05, 0) is 87.7 Å². The standard InChI is InChI=1S/C31H37F3N4O4/c1-42-29(41)30(26-9-2-3-15-35-26)13-10-24(11-14-30)38-16-5-8-25(38)22-12-17-37(20-22)27(39)19-36-28(40)21-6-4-7-23(18-21)31(32,33)34/h2-4,6-7,9,15,18,22,24-25H,5,8,10-14,16-17,19-20H2,1H3,(H,36,40)/t22-,24?,25?,30?/m1/s1. The van der Waals surface area contributed by atoms with Crippen molar-refractivity contribution in [2.75, 3.05) is 33.3 Å². The van der Waals surface area contributed by atoms with Gasteiger partial charge >= 0.3 is 12.1 Å². The number of hydrogen-bond donors (Lipinski definition) is 1. The smallest absolute Gasteiger partial charge is 0.416 e. The van der Waals surface area contributed by atoms with Gasteiger partial charge in [-0.25, -0.2) is 0 Å². The molecule has 1 aromatic heterocycles. The maximum absolute atomic E-state index is 13.0. The maximum atomic E-state index is 13.0. The van der Waals surface area contributed by atoms with Crippen LogP contribution >= 0.6 is 0 Å². The molecule has 1 aromatic carbocycles. The van der Waals surface area contributed by atoms with Crippen LogP contribution < -0.4 is 5.32 Å². The molecule has 1 N–H and O–H groups in total. The predicted molar refractivity (Wildman–Crippen MR) is 148 cm³/mol. The zero-order chi connectivity index (χ0) is 29.9. The van der Waals surface area contributed by atoms with Crippen LogP contribution in [0, 0.1) is 5.92 Å². The first kappa shape index (κ1) is 30.0. The summed E-state index contributed by atoms with van der Waals surface area (Å²) >= 11 is 0. The topological polar surface area (TPSA) is 91.8 Å². The molecule has 0 spiro atoms. The molecule has 3 heterocycles. The molecule has 2 saturated heterocycles. The molecule has 0 radical (unpaired) electrons. The molecule has 5 rings (SSSR count). The number of nitrogens with one attached hydrogen (secondary N) is 1. The summed E-state index contributed by atoms with van der Waals surface area (Å²) < 4.78 is 44.2. The molecular weight excluding hydrogens is 549 g/mol. The van der Waals surface area contributed by atoms with E-state index < -0.39 is 23.1 Å². The average molecular weight is 587 g/mol. The molecule has 2 aliphatic heterocycles. The molecule has 2 amide bonds. The number of pyridine rings is 1. The number of halogens is 3. The highest BCUT2D eigenvalue weighted by molar-refractivity contribution is 5.96. The minimum absolute atomic E-state index is 0.134. The Kier molecular flexibility index (Phi) is 8.86. The predicted octanol–water partition coefficient (Wildman–Crippen LogP) is 4.20. The molecule has 0 bridgehead atoms. The molecule has 2 atom stereocenters. The number of alkyl halides is 3. The molecule has 8 nitrogen and oxygen atoms in total. The van der Waals surface area contributed by atoms with Gasteiger partial charge in [-0.15, -0.1) is 0 Å². The monoisotopic (exact) mass is 586 g/mol. The van der Waals surface area contributed by atoms with Crippen LogP contribution in [0.25, 0.3) is 0 Å². The highest BCUT2D eigenvalue weighted by atomic mass is 19.4. The number of benzene rings is 1. The van der Waals surface area contributed by atoms with Gasteiger partial charge in [0.15, 0.2) is 0 Å². The van der Waals surface area contributed by atoms with Crippen LogP contribution in [-0.4, -0.2) is 77.9 Å². The van der Waals surface area contributed by atoms with E-state index >= 15 is 0 Å². The van der Waals surface area contributed by atoms with Crippen molar-refractivity contribution < 1.29 is 32.3 Å². The molecule has 226 valence electrons. The van der Waals surface area contributed by atoms with Gasteiger partial charge in [-0.1, -0.05) is 12.1 Å². The number of amides is 2. The highest BCUT2D eigenvalue weighted by Crippen LogP contribution is 2.43. The number of ether oxygens (including phenoxy) is 1. The Morgan fingerprint density at radius 2 is 1.83 bits per heavy atom. The second-order valence-corrected chi connectivity index (χ2v) is 11.6. The SMILES string of the molecule is COC(=O)C1(c2ccccn2)CCC(N2CCCC2[C@@H]2CCN(C(=O)CNC(=O)c3cccc(C(F)(F)F)c3)C2)CC1. The van der Waals surface area contributed by atoms with E-state index in [4.69, 9.17) is 4.74 Å². The third-order valence-electron chi connectivity index (χ3n) is 9.33. The first-order chi connectivity index (χ1) is 20.1. The number of methoxy groups -OCH3 is 1. The number of carbonyl (C=O) groups is 3. The fourth-order valence-electron chi connectivity index (χ4n) is 7.14. The van der Waals surface area contributed by atoms with E-state index in [1.54, 1.807) is 11.1 Å². The lowest BCUT2D eigenvalue weighted by Gasteiger charge is -2.43. The number of carbonyl (C=O) groups excluding carboxylic acids is 3. The van der Waals surface area contributed by atoms with Gasteiger partial charge in [-0.2, -0.15) is 13.2 Å². The fourth-order valence-corrected chi connectivity index (χ4v) is 7.14. The molecule has 2 aromatic rings. The van der Waals surface area contributed by atoms with E-state index in [1.165, 1.54) is 19.2 Å². The summed E-state index contributed by atoms with van der Waals surface area (Å²) in [4.78, 5) is 47.1. The van der Waals surface area contributed by atoms with Crippen molar-refractivity contribution in [1.82, 2.24) is 20.1 Å². The van der Waals surface area contributed by atoms with Gasteiger partial charge in [0.25, 0.3) is 5.91 Å². The van der Waals surface area contributed by atoms with Gasteiger partial charge in [-0.3, -0.25) is 24.3 Å². The lowest BCUT2D eigenvalue weighted by Crippen LogP contribution is -2.49. The van der Waals surface area contributed by atoms with E-state index in [1.807, 2.05) is 18.2 Å². The van der Waals surface area contributed by atoms with Crippen molar-refractivity contribution in [3.63, 3.8) is 0 Å². The van der Waals surface area contributed by atoms with E-state index in [0.29, 0.717) is 43.9 Å². The molecule has 3 aliphatic rings. The number of nitrogens with zero attached hydrogens (tertiary/aromatic N) is 3. The molecule has 42 heavy (non-hydrogen) atoms. The number of likely N-dealkylation sites (tertiary alicyclic amines) is 2. The molecule has 11 heteroatoms. The maximum Gasteiger partial charge on any atom is 0.416 e. The van der Waals surface area contributed by atoms with Crippen LogP contribution in [0.1, 0.15) is 66.6 Å². The largest absolute Gasteiger partial charge is 0.468 e. The van der Waals surface area contributed by atoms with Crippen LogP contribution in [-0.2, 0) is 25.9 Å². The Balaban J connectivity index is 1.15. The summed E-state index contributed by atoms with van der Waals surface area (Å²) in [5.74, 6) is -0.877. The van der Waals surface area contributed by atoms with E-state index in [0.717, 1.165) is 56.5 Å². The third kappa shape index (κ3) is 6.16. The van der Waals surface area contributed by atoms with Crippen LogP contribution in [0.5, 0.6) is 0 Å². The van der Waals surface area contributed by atoms with Crippen molar-refractivity contribution in [1.29, 1.82) is 0 Å². The molecule has 3 fully saturated rings. The Morgan fingerprint density at radius 1 is 1.05 bits per heavy atom. The van der Waals surface area contributed by atoms with Crippen LogP contribution in [0.4, 0.5) is 13.2 Å². The van der Waals surface area contributed by atoms with Crippen molar-refractivity contribution in [2.24, 2.45) is 5.92 Å². The minimum Gasteiger partial charge on any atom is -0.468 e. The number of hydrogen-bond acceptors (Lipinski definition) is 6. The Morgan fingerprint density at radius 3 is 2.52 bits per heavy atom. The number of rotatable bonds is 7. The second kappa shape index (κ2) is 12.4. The zero-order valence-electron chi connectivity index (χ0n) is 23.7. The second-order valence-electron chi connectivity index (χ2n) is 11.6. The van der Waals surface area contributed by atoms with E-state index in [-0.39, 0.29) is 24.0 Å². The van der Waals surface area contributed by atoms with Crippen LogP contribution in [0.3, 0.4) is 0 Å². The molecule has 1 unspecified atom stereocenters. The lowest BCUT2D eigenvalue weighted by molar-refractivity contribution is -0.150. The Hall–Kier alpha value is -3.47. The third-order valence-corrected chi connectivity index (χ3v) is 9.33. The van der Waals surface area contributed by atoms with Gasteiger partial charge in [0.05, 0.1) is 24.9 Å². The Labute approximate surface area is 243 Å². The first-order valence-corrected chi connectivity index (χ1v) is 14.6. The summed E-state index contributed by atoms with van der Waals surface area (Å²) in [5, 5.41) is 2.48. The first-order valence-electron chi connectivity index (χ1n) is 14.6. The Bertz CT molecular complexity index is 1280. The summed E-state index contributed by atoms with van der Waals surface area (Å²) in [7, 11) is 1.43. The van der Waals surface area contributed by atoms with E-state index in [2.05, 4.69) is 15.2 Å². The zero-order valence-corrected chi connectivity index (χ0v) is 23.7. The van der Waals surface area contributed by atoms with Crippen molar-refractivity contribution in [2.45, 2.75) is 68.6 Å². The quantitative estimate of drug-likeness (QED) is 0.490. The summed E-state index contributed by atoms with van der Waals surface area (Å²) in [6.07, 6.45) is 3.23. The fraction of sp³-hybridized carbons (Fsp3) is 0.548. The van der Waals surface area contributed by atoms with Crippen molar-refractivity contribution in [3.8, 4) is 0 Å². The van der Waals surface area contributed by atoms with E-state index in [9.17, 15) is 27.6 Å². The van der Waals surface area contributed by atoms with Crippen LogP contribution in [0.2, 0.25) is 0 Å². The summed E-state index contributed by atoms with van der Waals surface area (Å²) in [6.45, 7) is 1.90. The van der Waals surface area contributed by atoms with Gasteiger partial charge in [0.1, 0.15) is 5.41 Å². The van der Waals surface area contributed by atoms with Crippen molar-refractivity contribution in [3.05, 3.63) is 65.5 Å².